The van der Waals surface area contributed by atoms with E-state index in [1.165, 1.54) is 6.92 Å². The molecule has 0 aliphatic heterocycles. The Morgan fingerprint density at radius 3 is 2.33 bits per heavy atom. The summed E-state index contributed by atoms with van der Waals surface area (Å²) < 4.78 is 27.4. The molecule has 2 rings (SSSR count). The minimum atomic E-state index is -0.525. The molecule has 0 unspecified atom stereocenters. The average Bonchev–Trinajstić information content (AvgIpc) is 2.34. The van der Waals surface area contributed by atoms with E-state index in [4.69, 9.17) is 0 Å². The highest BCUT2D eigenvalue weighted by Crippen LogP contribution is 2.28. The number of aldehydes is 1. The van der Waals surface area contributed by atoms with E-state index in [0.717, 1.165) is 17.7 Å². The summed E-state index contributed by atoms with van der Waals surface area (Å²) in [5.74, 6) is -1.01. The second-order valence-corrected chi connectivity index (χ2v) is 4.29. The first-order valence-corrected chi connectivity index (χ1v) is 5.55. The molecule has 3 heteroatoms. The standard InChI is InChI=1S/C15H12F2O/c1-9-3-4-11(8-18)12(5-9)13-7-14(16)10(2)6-15(13)17/h3-8H,1-2H3. The SMILES string of the molecule is Cc1ccc(C=O)c(-c2cc(F)c(C)cc2F)c1. The van der Waals surface area contributed by atoms with Gasteiger partial charge in [0, 0.05) is 11.1 Å². The molecule has 2 aromatic carbocycles. The van der Waals surface area contributed by atoms with Crippen molar-refractivity contribution in [2.24, 2.45) is 0 Å². The molecule has 1 nitrogen and oxygen atoms in total. The van der Waals surface area contributed by atoms with Crippen molar-refractivity contribution in [2.45, 2.75) is 13.8 Å². The van der Waals surface area contributed by atoms with Gasteiger partial charge in [0.15, 0.2) is 6.29 Å². The largest absolute Gasteiger partial charge is 0.298 e. The molecule has 0 spiro atoms. The molecule has 0 N–H and O–H groups in total. The van der Waals surface area contributed by atoms with Gasteiger partial charge in [0.05, 0.1) is 0 Å². The lowest BCUT2D eigenvalue weighted by molar-refractivity contribution is 0.112. The number of rotatable bonds is 2. The first-order chi connectivity index (χ1) is 8.52. The van der Waals surface area contributed by atoms with E-state index in [1.54, 1.807) is 18.2 Å². The van der Waals surface area contributed by atoms with E-state index in [9.17, 15) is 13.6 Å². The maximum absolute atomic E-state index is 13.9. The summed E-state index contributed by atoms with van der Waals surface area (Å²) in [6.45, 7) is 3.33. The maximum atomic E-state index is 13.9. The van der Waals surface area contributed by atoms with E-state index in [2.05, 4.69) is 0 Å². The van der Waals surface area contributed by atoms with Gasteiger partial charge in [-0.3, -0.25) is 4.79 Å². The van der Waals surface area contributed by atoms with Crippen LogP contribution in [0.5, 0.6) is 0 Å². The lowest BCUT2D eigenvalue weighted by Gasteiger charge is -2.09. The van der Waals surface area contributed by atoms with Gasteiger partial charge < -0.3 is 0 Å². The molecule has 0 heterocycles. The topological polar surface area (TPSA) is 17.1 Å². The van der Waals surface area contributed by atoms with E-state index >= 15 is 0 Å². The summed E-state index contributed by atoms with van der Waals surface area (Å²) in [6.07, 6.45) is 0.645. The average molecular weight is 246 g/mol. The van der Waals surface area contributed by atoms with Crippen LogP contribution in [-0.2, 0) is 0 Å². The van der Waals surface area contributed by atoms with Crippen LogP contribution in [0.3, 0.4) is 0 Å². The number of hydrogen-bond acceptors (Lipinski definition) is 1. The van der Waals surface area contributed by atoms with Crippen molar-refractivity contribution in [2.75, 3.05) is 0 Å². The molecule has 0 fully saturated rings. The van der Waals surface area contributed by atoms with Crippen molar-refractivity contribution in [1.82, 2.24) is 0 Å². The fourth-order valence-electron chi connectivity index (χ4n) is 1.86. The van der Waals surface area contributed by atoms with Crippen molar-refractivity contribution >= 4 is 6.29 Å². The molecule has 0 aliphatic carbocycles. The molecule has 92 valence electrons. The summed E-state index contributed by atoms with van der Waals surface area (Å²) >= 11 is 0. The molecule has 0 saturated heterocycles. The van der Waals surface area contributed by atoms with Gasteiger partial charge >= 0.3 is 0 Å². The summed E-state index contributed by atoms with van der Waals surface area (Å²) in [7, 11) is 0. The van der Waals surface area contributed by atoms with Gasteiger partial charge in [-0.05, 0) is 37.1 Å². The van der Waals surface area contributed by atoms with Crippen LogP contribution in [-0.4, -0.2) is 6.29 Å². The highest BCUT2D eigenvalue weighted by Gasteiger charge is 2.12. The quantitative estimate of drug-likeness (QED) is 0.730. The van der Waals surface area contributed by atoms with Crippen LogP contribution in [0.2, 0.25) is 0 Å². The van der Waals surface area contributed by atoms with Crippen LogP contribution in [0.4, 0.5) is 8.78 Å². The van der Waals surface area contributed by atoms with Gasteiger partial charge in [-0.2, -0.15) is 0 Å². The smallest absolute Gasteiger partial charge is 0.150 e. The molecule has 18 heavy (non-hydrogen) atoms. The summed E-state index contributed by atoms with van der Waals surface area (Å²) in [4.78, 5) is 11.0. The minimum Gasteiger partial charge on any atom is -0.298 e. The third kappa shape index (κ3) is 2.16. The van der Waals surface area contributed by atoms with Crippen LogP contribution >= 0.6 is 0 Å². The molecule has 0 atom stereocenters. The number of hydrogen-bond donors (Lipinski definition) is 0. The molecular formula is C15H12F2O. The Kier molecular flexibility index (Phi) is 3.24. The predicted molar refractivity (Wildman–Crippen MR) is 66.7 cm³/mol. The second-order valence-electron chi connectivity index (χ2n) is 4.29. The number of carbonyl (C=O) groups excluding carboxylic acids is 1. The van der Waals surface area contributed by atoms with Crippen molar-refractivity contribution in [3.05, 3.63) is 58.7 Å². The second kappa shape index (κ2) is 4.69. The van der Waals surface area contributed by atoms with Crippen molar-refractivity contribution < 1.29 is 13.6 Å². The predicted octanol–water partition coefficient (Wildman–Crippen LogP) is 4.06. The normalized spacial score (nSPS) is 10.4. The highest BCUT2D eigenvalue weighted by molar-refractivity contribution is 5.88. The Bertz CT molecular complexity index is 618. The molecule has 0 aromatic heterocycles. The van der Waals surface area contributed by atoms with Gasteiger partial charge in [0.2, 0.25) is 0 Å². The van der Waals surface area contributed by atoms with E-state index < -0.39 is 11.6 Å². The molecule has 0 radical (unpaired) electrons. The van der Waals surface area contributed by atoms with Crippen molar-refractivity contribution in [3.63, 3.8) is 0 Å². The highest BCUT2D eigenvalue weighted by atomic mass is 19.1. The number of benzene rings is 2. The Hall–Kier alpha value is -2.03. The zero-order valence-corrected chi connectivity index (χ0v) is 10.1. The number of carbonyl (C=O) groups is 1. The molecule has 0 bridgehead atoms. The van der Waals surface area contributed by atoms with Gasteiger partial charge in [-0.25, -0.2) is 8.78 Å². The Labute approximate surface area is 104 Å². The first kappa shape index (κ1) is 12.4. The van der Waals surface area contributed by atoms with E-state index in [1.807, 2.05) is 6.92 Å². The van der Waals surface area contributed by atoms with Crippen LogP contribution in [0.25, 0.3) is 11.1 Å². The third-order valence-electron chi connectivity index (χ3n) is 2.87. The Morgan fingerprint density at radius 1 is 0.944 bits per heavy atom. The number of aryl methyl sites for hydroxylation is 2. The van der Waals surface area contributed by atoms with Gasteiger partial charge in [-0.1, -0.05) is 23.8 Å². The van der Waals surface area contributed by atoms with Gasteiger partial charge in [0.25, 0.3) is 0 Å². The van der Waals surface area contributed by atoms with Crippen LogP contribution in [0.1, 0.15) is 21.5 Å². The third-order valence-corrected chi connectivity index (χ3v) is 2.87. The maximum Gasteiger partial charge on any atom is 0.150 e. The van der Waals surface area contributed by atoms with Crippen molar-refractivity contribution in [3.8, 4) is 11.1 Å². The Balaban J connectivity index is 2.72. The van der Waals surface area contributed by atoms with Crippen LogP contribution < -0.4 is 0 Å². The first-order valence-electron chi connectivity index (χ1n) is 5.55. The number of halogens is 2. The minimum absolute atomic E-state index is 0.115. The lowest BCUT2D eigenvalue weighted by Crippen LogP contribution is -1.94. The van der Waals surface area contributed by atoms with Crippen molar-refractivity contribution in [1.29, 1.82) is 0 Å². The molecule has 2 aromatic rings. The fourth-order valence-corrected chi connectivity index (χ4v) is 1.86. The lowest BCUT2D eigenvalue weighted by atomic mass is 9.97. The summed E-state index contributed by atoms with van der Waals surface area (Å²) in [6, 6.07) is 7.31. The van der Waals surface area contributed by atoms with Crippen LogP contribution in [0, 0.1) is 25.5 Å². The molecule has 0 amide bonds. The molecule has 0 aliphatic rings. The van der Waals surface area contributed by atoms with E-state index in [-0.39, 0.29) is 11.1 Å². The monoisotopic (exact) mass is 246 g/mol. The molecule has 0 saturated carbocycles. The zero-order chi connectivity index (χ0) is 13.3. The van der Waals surface area contributed by atoms with Crippen LogP contribution in [0.15, 0.2) is 30.3 Å². The van der Waals surface area contributed by atoms with Gasteiger partial charge in [-0.15, -0.1) is 0 Å². The fraction of sp³-hybridized carbons (Fsp3) is 0.133. The molecular weight excluding hydrogens is 234 g/mol. The van der Waals surface area contributed by atoms with E-state index in [0.29, 0.717) is 17.4 Å². The summed E-state index contributed by atoms with van der Waals surface area (Å²) in [5, 5.41) is 0. The zero-order valence-electron chi connectivity index (χ0n) is 10.1. The van der Waals surface area contributed by atoms with Gasteiger partial charge in [0.1, 0.15) is 11.6 Å². The summed E-state index contributed by atoms with van der Waals surface area (Å²) in [5.41, 5.74) is 2.01. The Morgan fingerprint density at radius 2 is 1.67 bits per heavy atom.